The van der Waals surface area contributed by atoms with Gasteiger partial charge in [0.2, 0.25) is 0 Å². The number of rotatable bonds is 3. The molecule has 2 nitrogen and oxygen atoms in total. The van der Waals surface area contributed by atoms with Crippen LogP contribution in [0.5, 0.6) is 0 Å². The number of hydrogen-bond donors (Lipinski definition) is 1. The predicted octanol–water partition coefficient (Wildman–Crippen LogP) is 3.49. The number of halogens is 1. The molecule has 0 saturated carbocycles. The molecule has 3 heteroatoms. The topological polar surface area (TPSA) is 15.3 Å². The summed E-state index contributed by atoms with van der Waals surface area (Å²) in [6, 6.07) is 5.59. The van der Waals surface area contributed by atoms with Crippen LogP contribution in [0, 0.1) is 5.82 Å². The summed E-state index contributed by atoms with van der Waals surface area (Å²) in [7, 11) is 1.92. The second kappa shape index (κ2) is 6.19. The van der Waals surface area contributed by atoms with E-state index in [1.165, 1.54) is 25.7 Å². The molecule has 1 aromatic rings. The Morgan fingerprint density at radius 3 is 2.44 bits per heavy atom. The number of anilines is 1. The summed E-state index contributed by atoms with van der Waals surface area (Å²) >= 11 is 0. The molecule has 1 heterocycles. The molecule has 1 aromatic carbocycles. The molecule has 0 radical (unpaired) electrons. The molecule has 18 heavy (non-hydrogen) atoms. The predicted molar refractivity (Wildman–Crippen MR) is 74.6 cm³/mol. The highest BCUT2D eigenvalue weighted by molar-refractivity contribution is 5.56. The van der Waals surface area contributed by atoms with Crippen molar-refractivity contribution in [1.82, 2.24) is 5.32 Å². The van der Waals surface area contributed by atoms with E-state index in [1.807, 2.05) is 13.1 Å². The second-order valence-electron chi connectivity index (χ2n) is 5.09. The largest absolute Gasteiger partial charge is 0.369 e. The Kier molecular flexibility index (Phi) is 4.59. The summed E-state index contributed by atoms with van der Waals surface area (Å²) in [6.07, 6.45) is 4.87. The Bertz CT molecular complexity index is 384. The first-order valence-corrected chi connectivity index (χ1v) is 6.94. The number of nitrogens with zero attached hydrogens (tertiary/aromatic N) is 1. The molecule has 1 N–H and O–H groups in total. The normalized spacial score (nSPS) is 18.5. The summed E-state index contributed by atoms with van der Waals surface area (Å²) < 4.78 is 14.2. The molecule has 0 spiro atoms. The van der Waals surface area contributed by atoms with Crippen molar-refractivity contribution in [3.63, 3.8) is 0 Å². The van der Waals surface area contributed by atoms with Crippen molar-refractivity contribution >= 4 is 5.69 Å². The minimum Gasteiger partial charge on any atom is -0.369 e. The van der Waals surface area contributed by atoms with Gasteiger partial charge in [-0.25, -0.2) is 4.39 Å². The summed E-state index contributed by atoms with van der Waals surface area (Å²) in [5.41, 5.74) is 1.88. The molecule has 1 fully saturated rings. The van der Waals surface area contributed by atoms with Crippen LogP contribution in [0.25, 0.3) is 0 Å². The minimum atomic E-state index is -0.0866. The van der Waals surface area contributed by atoms with Crippen molar-refractivity contribution < 1.29 is 4.39 Å². The van der Waals surface area contributed by atoms with Gasteiger partial charge in [-0.15, -0.1) is 0 Å². The van der Waals surface area contributed by atoms with Gasteiger partial charge in [-0.1, -0.05) is 25.0 Å². The molecule has 1 atom stereocenters. The summed E-state index contributed by atoms with van der Waals surface area (Å²) in [4.78, 5) is 2.23. The van der Waals surface area contributed by atoms with E-state index in [1.54, 1.807) is 12.1 Å². The van der Waals surface area contributed by atoms with Crippen LogP contribution in [-0.4, -0.2) is 20.1 Å². The molecular formula is C15H23FN2. The molecule has 1 aliphatic rings. The molecule has 1 saturated heterocycles. The second-order valence-corrected chi connectivity index (χ2v) is 5.09. The fraction of sp³-hybridized carbons (Fsp3) is 0.600. The van der Waals surface area contributed by atoms with Crippen molar-refractivity contribution in [3.8, 4) is 0 Å². The lowest BCUT2D eigenvalue weighted by Crippen LogP contribution is -2.28. The van der Waals surface area contributed by atoms with E-state index >= 15 is 0 Å². The Morgan fingerprint density at radius 1 is 1.17 bits per heavy atom. The van der Waals surface area contributed by atoms with Crippen molar-refractivity contribution in [3.05, 3.63) is 29.6 Å². The third-order valence-corrected chi connectivity index (χ3v) is 3.84. The molecular weight excluding hydrogens is 227 g/mol. The van der Waals surface area contributed by atoms with Crippen LogP contribution >= 0.6 is 0 Å². The van der Waals surface area contributed by atoms with Gasteiger partial charge in [-0.2, -0.15) is 0 Å². The molecule has 0 amide bonds. The lowest BCUT2D eigenvalue weighted by atomic mass is 10.0. The van der Waals surface area contributed by atoms with Crippen LogP contribution in [0.1, 0.15) is 44.2 Å². The molecule has 1 aliphatic heterocycles. The highest BCUT2D eigenvalue weighted by Crippen LogP contribution is 2.30. The van der Waals surface area contributed by atoms with Crippen LogP contribution in [0.4, 0.5) is 10.1 Å². The fourth-order valence-electron chi connectivity index (χ4n) is 2.66. The van der Waals surface area contributed by atoms with Crippen LogP contribution < -0.4 is 10.2 Å². The van der Waals surface area contributed by atoms with Crippen molar-refractivity contribution in [2.24, 2.45) is 0 Å². The van der Waals surface area contributed by atoms with E-state index in [4.69, 9.17) is 0 Å². The quantitative estimate of drug-likeness (QED) is 0.883. The SMILES string of the molecule is CNC(C)c1cccc(F)c1N1CCCCCC1. The molecule has 0 bridgehead atoms. The highest BCUT2D eigenvalue weighted by atomic mass is 19.1. The van der Waals surface area contributed by atoms with Crippen LogP contribution in [-0.2, 0) is 0 Å². The number of benzene rings is 1. The lowest BCUT2D eigenvalue weighted by Gasteiger charge is -2.28. The van der Waals surface area contributed by atoms with Crippen LogP contribution in [0.3, 0.4) is 0 Å². The molecule has 0 aromatic heterocycles. The van der Waals surface area contributed by atoms with Gasteiger partial charge in [-0.05, 0) is 38.4 Å². The third-order valence-electron chi connectivity index (χ3n) is 3.84. The highest BCUT2D eigenvalue weighted by Gasteiger charge is 2.19. The maximum Gasteiger partial charge on any atom is 0.146 e. The van der Waals surface area contributed by atoms with E-state index in [0.717, 1.165) is 24.3 Å². The van der Waals surface area contributed by atoms with Crippen molar-refractivity contribution in [2.45, 2.75) is 38.6 Å². The first-order valence-electron chi connectivity index (χ1n) is 6.94. The Balaban J connectivity index is 2.34. The van der Waals surface area contributed by atoms with Crippen LogP contribution in [0.2, 0.25) is 0 Å². The first-order chi connectivity index (χ1) is 8.74. The van der Waals surface area contributed by atoms with Crippen molar-refractivity contribution in [2.75, 3.05) is 25.0 Å². The lowest BCUT2D eigenvalue weighted by molar-refractivity contribution is 0.596. The van der Waals surface area contributed by atoms with Gasteiger partial charge in [0.25, 0.3) is 0 Å². The number of para-hydroxylation sites is 1. The molecule has 1 unspecified atom stereocenters. The van der Waals surface area contributed by atoms with E-state index in [9.17, 15) is 4.39 Å². The zero-order valence-corrected chi connectivity index (χ0v) is 11.4. The van der Waals surface area contributed by atoms with Gasteiger partial charge in [0, 0.05) is 19.1 Å². The van der Waals surface area contributed by atoms with Gasteiger partial charge in [0.15, 0.2) is 0 Å². The minimum absolute atomic E-state index is 0.0866. The van der Waals surface area contributed by atoms with E-state index in [0.29, 0.717) is 0 Å². The van der Waals surface area contributed by atoms with Crippen LogP contribution in [0.15, 0.2) is 18.2 Å². The van der Waals surface area contributed by atoms with Gasteiger partial charge >= 0.3 is 0 Å². The molecule has 0 aliphatic carbocycles. The maximum atomic E-state index is 14.2. The van der Waals surface area contributed by atoms with E-state index < -0.39 is 0 Å². The standard InChI is InChI=1S/C15H23FN2/c1-12(17-2)13-8-7-9-14(16)15(13)18-10-5-3-4-6-11-18/h7-9,12,17H,3-6,10-11H2,1-2H3. The van der Waals surface area contributed by atoms with Gasteiger partial charge in [-0.3, -0.25) is 0 Å². The van der Waals surface area contributed by atoms with Gasteiger partial charge in [0.05, 0.1) is 5.69 Å². The Hall–Kier alpha value is -1.09. The summed E-state index contributed by atoms with van der Waals surface area (Å²) in [5.74, 6) is -0.0866. The van der Waals surface area contributed by atoms with Gasteiger partial charge in [0.1, 0.15) is 5.82 Å². The zero-order chi connectivity index (χ0) is 13.0. The van der Waals surface area contributed by atoms with Gasteiger partial charge < -0.3 is 10.2 Å². The number of hydrogen-bond acceptors (Lipinski definition) is 2. The number of nitrogens with one attached hydrogen (secondary N) is 1. The fourth-order valence-corrected chi connectivity index (χ4v) is 2.66. The maximum absolute atomic E-state index is 14.2. The van der Waals surface area contributed by atoms with E-state index in [-0.39, 0.29) is 11.9 Å². The average molecular weight is 250 g/mol. The zero-order valence-electron chi connectivity index (χ0n) is 11.4. The Morgan fingerprint density at radius 2 is 1.83 bits per heavy atom. The average Bonchev–Trinajstić information content (AvgIpc) is 2.66. The monoisotopic (exact) mass is 250 g/mol. The third kappa shape index (κ3) is 2.83. The molecule has 100 valence electrons. The summed E-state index contributed by atoms with van der Waals surface area (Å²) in [5, 5.41) is 3.21. The Labute approximate surface area is 109 Å². The van der Waals surface area contributed by atoms with E-state index in [2.05, 4.69) is 17.1 Å². The first kappa shape index (κ1) is 13.3. The molecule has 2 rings (SSSR count). The smallest absolute Gasteiger partial charge is 0.146 e. The van der Waals surface area contributed by atoms with Crippen molar-refractivity contribution in [1.29, 1.82) is 0 Å². The summed E-state index contributed by atoms with van der Waals surface area (Å²) in [6.45, 7) is 4.03.